The first-order chi connectivity index (χ1) is 18.6. The Morgan fingerprint density at radius 3 is 1.82 bits per heavy atom. The van der Waals surface area contributed by atoms with Crippen LogP contribution in [0.1, 0.15) is 129 Å². The summed E-state index contributed by atoms with van der Waals surface area (Å²) in [5, 5.41) is 2.83. The highest BCUT2D eigenvalue weighted by Gasteiger charge is 2.28. The van der Waals surface area contributed by atoms with E-state index in [1.165, 1.54) is 96.3 Å². The van der Waals surface area contributed by atoms with Crippen LogP contribution >= 0.6 is 12.4 Å². The summed E-state index contributed by atoms with van der Waals surface area (Å²) in [4.78, 5) is 28.0. The fourth-order valence-electron chi connectivity index (χ4n) is 5.40. The van der Waals surface area contributed by atoms with E-state index < -0.39 is 0 Å². The van der Waals surface area contributed by atoms with Crippen molar-refractivity contribution in [2.24, 2.45) is 5.92 Å². The molecule has 6 nitrogen and oxygen atoms in total. The smallest absolute Gasteiger partial charge is 0.407 e. The van der Waals surface area contributed by atoms with Gasteiger partial charge in [-0.3, -0.25) is 4.79 Å². The number of nitrogens with one attached hydrogen (secondary N) is 1. The number of unbranched alkanes of at least 4 members (excludes halogenated alkanes) is 15. The summed E-state index contributed by atoms with van der Waals surface area (Å²) in [5.41, 5.74) is 0. The monoisotopic (exact) mass is 571 g/mol. The van der Waals surface area contributed by atoms with Gasteiger partial charge in [-0.05, 0) is 46.3 Å². The molecule has 0 heterocycles. The van der Waals surface area contributed by atoms with Gasteiger partial charge in [-0.2, -0.15) is 0 Å². The summed E-state index contributed by atoms with van der Waals surface area (Å²) in [6, 6.07) is 0.121. The highest BCUT2D eigenvalue weighted by atomic mass is 35.5. The molecule has 1 aliphatic rings. The van der Waals surface area contributed by atoms with E-state index in [-0.39, 0.29) is 30.5 Å². The third-order valence-corrected chi connectivity index (χ3v) is 7.84. The zero-order valence-corrected chi connectivity index (χ0v) is 26.5. The molecule has 0 bridgehead atoms. The van der Waals surface area contributed by atoms with E-state index in [1.807, 2.05) is 19.0 Å². The quantitative estimate of drug-likeness (QED) is 0.0682. The van der Waals surface area contributed by atoms with Crippen LogP contribution in [-0.2, 0) is 9.53 Å². The standard InChI is InChI=1S/C32H61N3O3.ClH/c1-4-5-6-7-8-9-10-11-12-13-14-15-16-17-18-21-27-35(29-36)31-24-20-19-23-30(31)28-38-32(37)33-25-22-26-34(2)3;/h19-20,29-31H,4-18,21-28H2,1-3H3,(H,33,37);1H. The molecule has 0 aliphatic heterocycles. The van der Waals surface area contributed by atoms with Gasteiger partial charge in [-0.15, -0.1) is 12.4 Å². The molecule has 1 N–H and O–H groups in total. The van der Waals surface area contributed by atoms with Crippen LogP contribution < -0.4 is 5.32 Å². The molecule has 1 rings (SSSR count). The third-order valence-electron chi connectivity index (χ3n) is 7.84. The van der Waals surface area contributed by atoms with Crippen LogP contribution in [0.5, 0.6) is 0 Å². The number of carbonyl (C=O) groups excluding carboxylic acids is 2. The van der Waals surface area contributed by atoms with Crippen molar-refractivity contribution in [1.29, 1.82) is 0 Å². The molecule has 1 aliphatic carbocycles. The Morgan fingerprint density at radius 1 is 0.795 bits per heavy atom. The van der Waals surface area contributed by atoms with Crippen molar-refractivity contribution in [2.45, 2.75) is 135 Å². The Balaban J connectivity index is 0.0000144. The molecule has 7 heteroatoms. The third kappa shape index (κ3) is 21.2. The molecule has 0 aromatic rings. The number of alkyl carbamates (subject to hydrolysis) is 1. The van der Waals surface area contributed by atoms with Gasteiger partial charge in [0.05, 0.1) is 6.61 Å². The maximum Gasteiger partial charge on any atom is 0.407 e. The van der Waals surface area contributed by atoms with Gasteiger partial charge >= 0.3 is 6.09 Å². The average molecular weight is 572 g/mol. The summed E-state index contributed by atoms with van der Waals surface area (Å²) in [5.74, 6) is 0.166. The van der Waals surface area contributed by atoms with E-state index in [4.69, 9.17) is 4.74 Å². The van der Waals surface area contributed by atoms with Crippen molar-refractivity contribution in [3.8, 4) is 0 Å². The largest absolute Gasteiger partial charge is 0.449 e. The molecule has 0 fully saturated rings. The highest BCUT2D eigenvalue weighted by molar-refractivity contribution is 5.85. The molecule has 0 radical (unpaired) electrons. The summed E-state index contributed by atoms with van der Waals surface area (Å²) in [6.45, 7) is 4.99. The van der Waals surface area contributed by atoms with Crippen LogP contribution in [0.3, 0.4) is 0 Å². The van der Waals surface area contributed by atoms with Crippen LogP contribution in [0.15, 0.2) is 12.2 Å². The van der Waals surface area contributed by atoms with Crippen LogP contribution in [0.2, 0.25) is 0 Å². The van der Waals surface area contributed by atoms with Crippen LogP contribution in [0.4, 0.5) is 4.79 Å². The van der Waals surface area contributed by atoms with Crippen molar-refractivity contribution in [3.05, 3.63) is 12.2 Å². The number of hydrogen-bond donors (Lipinski definition) is 1. The second kappa shape index (κ2) is 26.9. The number of nitrogens with zero attached hydrogens (tertiary/aromatic N) is 2. The Kier molecular flexibility index (Phi) is 26.1. The number of hydrogen-bond acceptors (Lipinski definition) is 4. The average Bonchev–Trinajstić information content (AvgIpc) is 2.92. The zero-order valence-electron chi connectivity index (χ0n) is 25.7. The van der Waals surface area contributed by atoms with E-state index in [2.05, 4.69) is 29.3 Å². The normalized spacial score (nSPS) is 16.6. The Morgan fingerprint density at radius 2 is 1.31 bits per heavy atom. The Hall–Kier alpha value is -1.27. The molecule has 0 spiro atoms. The minimum Gasteiger partial charge on any atom is -0.449 e. The predicted molar refractivity (Wildman–Crippen MR) is 168 cm³/mol. The summed E-state index contributed by atoms with van der Waals surface area (Å²) >= 11 is 0. The molecular weight excluding hydrogens is 510 g/mol. The lowest BCUT2D eigenvalue weighted by Gasteiger charge is -2.35. The van der Waals surface area contributed by atoms with Crippen molar-refractivity contribution >= 4 is 24.9 Å². The minimum absolute atomic E-state index is 0. The molecule has 2 atom stereocenters. The summed E-state index contributed by atoms with van der Waals surface area (Å²) in [6.07, 6.45) is 29.2. The molecule has 39 heavy (non-hydrogen) atoms. The van der Waals surface area contributed by atoms with E-state index in [0.29, 0.717) is 13.2 Å². The van der Waals surface area contributed by atoms with Crippen molar-refractivity contribution in [3.63, 3.8) is 0 Å². The Labute approximate surface area is 247 Å². The molecule has 0 saturated carbocycles. The van der Waals surface area contributed by atoms with Gasteiger partial charge in [0.1, 0.15) is 0 Å². The lowest BCUT2D eigenvalue weighted by atomic mass is 9.88. The topological polar surface area (TPSA) is 61.9 Å². The molecule has 230 valence electrons. The van der Waals surface area contributed by atoms with Gasteiger partial charge in [-0.25, -0.2) is 4.79 Å². The number of halogens is 1. The number of carbonyl (C=O) groups is 2. The lowest BCUT2D eigenvalue weighted by molar-refractivity contribution is -0.121. The first-order valence-corrected chi connectivity index (χ1v) is 16.0. The first-order valence-electron chi connectivity index (χ1n) is 16.0. The van der Waals surface area contributed by atoms with E-state index in [9.17, 15) is 9.59 Å². The second-order valence-corrected chi connectivity index (χ2v) is 11.6. The highest BCUT2D eigenvalue weighted by Crippen LogP contribution is 2.24. The zero-order chi connectivity index (χ0) is 27.7. The van der Waals surface area contributed by atoms with Crippen molar-refractivity contribution < 1.29 is 14.3 Å². The van der Waals surface area contributed by atoms with Gasteiger partial charge in [0.2, 0.25) is 6.41 Å². The Bertz CT molecular complexity index is 603. The fraction of sp³-hybridized carbons (Fsp3) is 0.875. The number of rotatable bonds is 25. The van der Waals surface area contributed by atoms with E-state index >= 15 is 0 Å². The van der Waals surface area contributed by atoms with Gasteiger partial charge in [-0.1, -0.05) is 115 Å². The van der Waals surface area contributed by atoms with Crippen molar-refractivity contribution in [1.82, 2.24) is 15.1 Å². The van der Waals surface area contributed by atoms with Gasteiger partial charge in [0, 0.05) is 25.0 Å². The van der Waals surface area contributed by atoms with Crippen molar-refractivity contribution in [2.75, 3.05) is 40.3 Å². The molecule has 0 aromatic heterocycles. The molecule has 0 aromatic carbocycles. The van der Waals surface area contributed by atoms with Crippen LogP contribution in [0.25, 0.3) is 0 Å². The van der Waals surface area contributed by atoms with E-state index in [1.54, 1.807) is 0 Å². The number of amides is 2. The first kappa shape index (κ1) is 37.7. The maximum atomic E-state index is 12.1. The molecule has 2 unspecified atom stereocenters. The van der Waals surface area contributed by atoms with Crippen LogP contribution in [0, 0.1) is 5.92 Å². The van der Waals surface area contributed by atoms with Gasteiger partial charge < -0.3 is 19.9 Å². The van der Waals surface area contributed by atoms with Gasteiger partial charge in [0.15, 0.2) is 0 Å². The molecule has 2 amide bonds. The number of allylic oxidation sites excluding steroid dienone is 1. The minimum atomic E-state index is -0.354. The number of ether oxygens (including phenoxy) is 1. The molecular formula is C32H62ClN3O3. The van der Waals surface area contributed by atoms with E-state index in [0.717, 1.165) is 45.2 Å². The van der Waals surface area contributed by atoms with Gasteiger partial charge in [0.25, 0.3) is 0 Å². The summed E-state index contributed by atoms with van der Waals surface area (Å²) in [7, 11) is 4.04. The fourth-order valence-corrected chi connectivity index (χ4v) is 5.40. The summed E-state index contributed by atoms with van der Waals surface area (Å²) < 4.78 is 5.51. The lowest BCUT2D eigenvalue weighted by Crippen LogP contribution is -2.43. The predicted octanol–water partition coefficient (Wildman–Crippen LogP) is 8.14. The maximum absolute atomic E-state index is 12.1. The second-order valence-electron chi connectivity index (χ2n) is 11.6. The SMILES string of the molecule is CCCCCCCCCCCCCCCCCCN(C=O)C1CC=CCC1COC(=O)NCCCN(C)C.Cl. The van der Waals surface area contributed by atoms with Crippen LogP contribution in [-0.4, -0.2) is 68.7 Å². The molecule has 0 saturated heterocycles.